The zero-order chi connectivity index (χ0) is 24.2. The third-order valence-electron chi connectivity index (χ3n) is 6.71. The van der Waals surface area contributed by atoms with Gasteiger partial charge in [-0.3, -0.25) is 9.59 Å². The van der Waals surface area contributed by atoms with E-state index in [2.05, 4.69) is 13.8 Å². The molecule has 1 atom stereocenters. The minimum Gasteiger partial charge on any atom is -0.507 e. The number of hydrogen-bond acceptors (Lipinski definition) is 4. The van der Waals surface area contributed by atoms with Gasteiger partial charge in [-0.25, -0.2) is 4.39 Å². The van der Waals surface area contributed by atoms with E-state index in [9.17, 15) is 19.1 Å². The summed E-state index contributed by atoms with van der Waals surface area (Å²) in [5.74, 6) is -1.70. The Morgan fingerprint density at radius 2 is 1.74 bits per heavy atom. The molecule has 0 spiro atoms. The molecule has 34 heavy (non-hydrogen) atoms. The Morgan fingerprint density at radius 1 is 1.09 bits per heavy atom. The zero-order valence-corrected chi connectivity index (χ0v) is 19.7. The zero-order valence-electron chi connectivity index (χ0n) is 19.7. The molecule has 2 fully saturated rings. The fraction of sp³-hybridized carbons (Fsp3) is 0.407. The number of likely N-dealkylation sites (tertiary alicyclic amines) is 1. The summed E-state index contributed by atoms with van der Waals surface area (Å²) >= 11 is 0. The van der Waals surface area contributed by atoms with E-state index in [0.717, 1.165) is 50.4 Å². The van der Waals surface area contributed by atoms with Gasteiger partial charge in [-0.15, -0.1) is 0 Å². The second-order valence-electron chi connectivity index (χ2n) is 9.29. The number of nitrogens with one attached hydrogen (secondary N) is 1. The highest BCUT2D eigenvalue weighted by Crippen LogP contribution is 2.39. The third kappa shape index (κ3) is 5.05. The van der Waals surface area contributed by atoms with Gasteiger partial charge in [0.25, 0.3) is 11.7 Å². The number of carbonyl (C=O) groups excluding carboxylic acids is 2. The van der Waals surface area contributed by atoms with Crippen LogP contribution < -0.4 is 4.90 Å². The van der Waals surface area contributed by atoms with Crippen molar-refractivity contribution in [3.8, 4) is 0 Å². The summed E-state index contributed by atoms with van der Waals surface area (Å²) in [6.45, 7) is 8.83. The van der Waals surface area contributed by atoms with E-state index in [1.54, 1.807) is 4.90 Å². The summed E-state index contributed by atoms with van der Waals surface area (Å²) in [7, 11) is 0. The van der Waals surface area contributed by atoms with Crippen molar-refractivity contribution in [2.75, 3.05) is 39.4 Å². The number of carbonyl (C=O) groups is 2. The lowest BCUT2D eigenvalue weighted by molar-refractivity contribution is -0.908. The van der Waals surface area contributed by atoms with Crippen LogP contribution in [0.3, 0.4) is 0 Å². The molecular formula is C27H32FN2O4+. The Morgan fingerprint density at radius 3 is 2.35 bits per heavy atom. The van der Waals surface area contributed by atoms with Crippen LogP contribution in [0.1, 0.15) is 48.9 Å². The average molecular weight is 468 g/mol. The van der Waals surface area contributed by atoms with Crippen molar-refractivity contribution in [3.63, 3.8) is 0 Å². The second-order valence-corrected chi connectivity index (χ2v) is 9.29. The number of quaternary nitrogens is 1. The molecule has 0 radical (unpaired) electrons. The van der Waals surface area contributed by atoms with Crippen molar-refractivity contribution < 1.29 is 28.7 Å². The number of aliphatic hydroxyl groups excluding tert-OH is 1. The second kappa shape index (κ2) is 10.5. The van der Waals surface area contributed by atoms with Crippen LogP contribution in [0.25, 0.3) is 5.76 Å². The molecule has 2 aromatic rings. The fourth-order valence-electron chi connectivity index (χ4n) is 4.69. The smallest absolute Gasteiger partial charge is 0.295 e. The number of morpholine rings is 1. The number of rotatable bonds is 7. The van der Waals surface area contributed by atoms with Gasteiger partial charge >= 0.3 is 0 Å². The highest BCUT2D eigenvalue weighted by Gasteiger charge is 2.45. The minimum atomic E-state index is -0.710. The van der Waals surface area contributed by atoms with Crippen LogP contribution in [0.5, 0.6) is 0 Å². The molecule has 180 valence electrons. The molecule has 2 N–H and O–H groups in total. The SMILES string of the molecule is CC(C)c1ccc([C@@H]2C(=C(O)c3ccc(F)cc3)C(=O)C(=O)N2CCC[NH+]2CCOCC2)cc1. The number of amides is 1. The van der Waals surface area contributed by atoms with Crippen molar-refractivity contribution in [1.82, 2.24) is 4.90 Å². The third-order valence-corrected chi connectivity index (χ3v) is 6.71. The van der Waals surface area contributed by atoms with Gasteiger partial charge in [-0.2, -0.15) is 0 Å². The number of nitrogens with zero attached hydrogens (tertiary/aromatic N) is 1. The molecule has 1 amide bonds. The number of aliphatic hydroxyl groups is 1. The van der Waals surface area contributed by atoms with Crippen LogP contribution in [0.4, 0.5) is 4.39 Å². The van der Waals surface area contributed by atoms with E-state index >= 15 is 0 Å². The Labute approximate surface area is 199 Å². The maximum atomic E-state index is 13.4. The molecule has 2 aromatic carbocycles. The first-order valence-electron chi connectivity index (χ1n) is 11.9. The summed E-state index contributed by atoms with van der Waals surface area (Å²) in [5.41, 5.74) is 2.27. The molecule has 6 nitrogen and oxygen atoms in total. The summed E-state index contributed by atoms with van der Waals surface area (Å²) in [4.78, 5) is 29.2. The molecule has 7 heteroatoms. The van der Waals surface area contributed by atoms with Gasteiger partial charge in [0, 0.05) is 18.5 Å². The normalized spacial score (nSPS) is 20.9. The van der Waals surface area contributed by atoms with Crippen LogP contribution in [0.15, 0.2) is 54.1 Å². The fourth-order valence-corrected chi connectivity index (χ4v) is 4.69. The predicted octanol–water partition coefficient (Wildman–Crippen LogP) is 2.68. The molecule has 2 aliphatic heterocycles. The topological polar surface area (TPSA) is 71.3 Å². The molecule has 2 aliphatic rings. The summed E-state index contributed by atoms with van der Waals surface area (Å²) in [5, 5.41) is 11.1. The molecule has 4 rings (SSSR count). The lowest BCUT2D eigenvalue weighted by Gasteiger charge is -2.27. The number of halogens is 1. The lowest BCUT2D eigenvalue weighted by Crippen LogP contribution is -3.14. The number of benzene rings is 2. The van der Waals surface area contributed by atoms with Crippen molar-refractivity contribution in [1.29, 1.82) is 0 Å². The first-order chi connectivity index (χ1) is 16.4. The Balaban J connectivity index is 1.67. The predicted molar refractivity (Wildman–Crippen MR) is 127 cm³/mol. The van der Waals surface area contributed by atoms with E-state index in [0.29, 0.717) is 18.0 Å². The van der Waals surface area contributed by atoms with Crippen LogP contribution >= 0.6 is 0 Å². The first kappa shape index (κ1) is 24.1. The van der Waals surface area contributed by atoms with Crippen LogP contribution in [0.2, 0.25) is 0 Å². The lowest BCUT2D eigenvalue weighted by atomic mass is 9.93. The Kier molecular flexibility index (Phi) is 7.44. The molecule has 0 bridgehead atoms. The van der Waals surface area contributed by atoms with Gasteiger partial charge in [0.1, 0.15) is 24.7 Å². The molecule has 2 heterocycles. The monoisotopic (exact) mass is 467 g/mol. The van der Waals surface area contributed by atoms with Crippen LogP contribution in [0, 0.1) is 5.82 Å². The van der Waals surface area contributed by atoms with Crippen molar-refractivity contribution >= 4 is 17.4 Å². The maximum absolute atomic E-state index is 13.4. The van der Waals surface area contributed by atoms with Gasteiger partial charge in [-0.1, -0.05) is 38.1 Å². The summed E-state index contributed by atoms with van der Waals surface area (Å²) in [6.07, 6.45) is 0.736. The average Bonchev–Trinajstić information content (AvgIpc) is 3.10. The first-order valence-corrected chi connectivity index (χ1v) is 11.9. The van der Waals surface area contributed by atoms with E-state index in [-0.39, 0.29) is 11.3 Å². The van der Waals surface area contributed by atoms with Gasteiger partial charge < -0.3 is 19.6 Å². The molecule has 0 unspecified atom stereocenters. The van der Waals surface area contributed by atoms with Crippen molar-refractivity contribution in [2.24, 2.45) is 0 Å². The number of ether oxygens (including phenoxy) is 1. The van der Waals surface area contributed by atoms with Crippen molar-refractivity contribution in [3.05, 3.63) is 76.6 Å². The largest absolute Gasteiger partial charge is 0.507 e. The van der Waals surface area contributed by atoms with E-state index < -0.39 is 23.5 Å². The number of ketones is 1. The van der Waals surface area contributed by atoms with E-state index in [4.69, 9.17) is 4.74 Å². The van der Waals surface area contributed by atoms with Gasteiger partial charge in [0.05, 0.1) is 31.4 Å². The maximum Gasteiger partial charge on any atom is 0.295 e. The summed E-state index contributed by atoms with van der Waals surface area (Å²) < 4.78 is 18.8. The Hall–Kier alpha value is -3.03. The van der Waals surface area contributed by atoms with Crippen molar-refractivity contribution in [2.45, 2.75) is 32.2 Å². The van der Waals surface area contributed by atoms with Crippen LogP contribution in [-0.4, -0.2) is 61.1 Å². The van der Waals surface area contributed by atoms with Gasteiger partial charge in [0.2, 0.25) is 0 Å². The summed E-state index contributed by atoms with van der Waals surface area (Å²) in [6, 6.07) is 12.4. The minimum absolute atomic E-state index is 0.0487. The van der Waals surface area contributed by atoms with Gasteiger partial charge in [0.15, 0.2) is 0 Å². The number of Topliss-reactive ketones (excluding diaryl/α,β-unsaturated/α-hetero) is 1. The molecular weight excluding hydrogens is 435 g/mol. The van der Waals surface area contributed by atoms with Gasteiger partial charge in [-0.05, 0) is 41.3 Å². The van der Waals surface area contributed by atoms with Crippen LogP contribution in [-0.2, 0) is 14.3 Å². The highest BCUT2D eigenvalue weighted by molar-refractivity contribution is 6.46. The molecule has 0 aromatic heterocycles. The highest BCUT2D eigenvalue weighted by atomic mass is 19.1. The number of hydrogen-bond donors (Lipinski definition) is 2. The molecule has 0 saturated carbocycles. The quantitative estimate of drug-likeness (QED) is 0.373. The molecule has 0 aliphatic carbocycles. The standard InChI is InChI=1S/C27H31FN2O4/c1-18(2)19-4-6-20(7-5-19)24-23(25(31)21-8-10-22(28)11-9-21)26(32)27(33)30(24)13-3-12-29-14-16-34-17-15-29/h4-11,18,24,31H,3,12-17H2,1-2H3/p+1/t24-/m1/s1. The molecule has 2 saturated heterocycles. The van der Waals surface area contributed by atoms with E-state index in [1.165, 1.54) is 29.2 Å². The van der Waals surface area contributed by atoms with E-state index in [1.807, 2.05) is 24.3 Å². The Bertz CT molecular complexity index is 1060.